The van der Waals surface area contributed by atoms with Gasteiger partial charge in [-0.2, -0.15) is 4.52 Å². The predicted octanol–water partition coefficient (Wildman–Crippen LogP) is 1.93. The van der Waals surface area contributed by atoms with E-state index < -0.39 is 5.82 Å². The van der Waals surface area contributed by atoms with Crippen molar-refractivity contribution in [1.29, 1.82) is 0 Å². The minimum absolute atomic E-state index is 0.0178. The highest BCUT2D eigenvalue weighted by molar-refractivity contribution is 6.30. The first-order valence-electron chi connectivity index (χ1n) is 7.79. The average Bonchev–Trinajstić information content (AvgIpc) is 3.25. The van der Waals surface area contributed by atoms with Crippen molar-refractivity contribution < 1.29 is 9.18 Å². The molecule has 0 saturated carbocycles. The number of halogens is 2. The van der Waals surface area contributed by atoms with Gasteiger partial charge in [0.2, 0.25) is 0 Å². The van der Waals surface area contributed by atoms with Crippen molar-refractivity contribution in [2.75, 3.05) is 18.0 Å². The minimum atomic E-state index is -0.443. The Morgan fingerprint density at radius 1 is 1.32 bits per heavy atom. The molecule has 1 aromatic carbocycles. The van der Waals surface area contributed by atoms with E-state index >= 15 is 0 Å². The molecule has 0 radical (unpaired) electrons. The number of pyridine rings is 1. The molecule has 0 bridgehead atoms. The van der Waals surface area contributed by atoms with Crippen molar-refractivity contribution in [3.8, 4) is 0 Å². The summed E-state index contributed by atoms with van der Waals surface area (Å²) in [6, 6.07) is 8.09. The number of amides is 1. The van der Waals surface area contributed by atoms with Gasteiger partial charge in [-0.15, -0.1) is 5.10 Å². The lowest BCUT2D eigenvalue weighted by Gasteiger charge is -2.19. The third-order valence-corrected chi connectivity index (χ3v) is 4.55. The van der Waals surface area contributed by atoms with E-state index in [0.717, 1.165) is 18.7 Å². The van der Waals surface area contributed by atoms with Crippen LogP contribution in [0.25, 0.3) is 5.65 Å². The summed E-state index contributed by atoms with van der Waals surface area (Å²) in [6.07, 6.45) is 2.37. The van der Waals surface area contributed by atoms with Gasteiger partial charge in [0.15, 0.2) is 5.65 Å². The number of fused-ring (bicyclic) bond motifs is 1. The summed E-state index contributed by atoms with van der Waals surface area (Å²) >= 11 is 5.72. The molecule has 1 aliphatic heterocycles. The Morgan fingerprint density at radius 2 is 2.20 bits per heavy atom. The second kappa shape index (κ2) is 6.29. The number of hydrogen-bond donors (Lipinski definition) is 1. The fraction of sp³-hybridized carbons (Fsp3) is 0.250. The van der Waals surface area contributed by atoms with Crippen LogP contribution in [-0.4, -0.2) is 45.1 Å². The summed E-state index contributed by atoms with van der Waals surface area (Å²) in [7, 11) is 0. The van der Waals surface area contributed by atoms with E-state index in [1.54, 1.807) is 30.5 Å². The number of tetrazole rings is 1. The molecule has 1 saturated heterocycles. The summed E-state index contributed by atoms with van der Waals surface area (Å²) < 4.78 is 15.1. The Labute approximate surface area is 147 Å². The number of anilines is 1. The predicted molar refractivity (Wildman–Crippen MR) is 90.3 cm³/mol. The van der Waals surface area contributed by atoms with Gasteiger partial charge in [0.05, 0.1) is 10.6 Å². The fourth-order valence-electron chi connectivity index (χ4n) is 2.94. The first kappa shape index (κ1) is 15.8. The minimum Gasteiger partial charge on any atom is -0.369 e. The molecule has 7 nitrogen and oxygen atoms in total. The number of nitrogens with one attached hydrogen (secondary N) is 1. The lowest BCUT2D eigenvalue weighted by atomic mass is 10.2. The van der Waals surface area contributed by atoms with Crippen LogP contribution in [0.1, 0.15) is 16.8 Å². The van der Waals surface area contributed by atoms with Gasteiger partial charge in [0.25, 0.3) is 5.91 Å². The first-order valence-corrected chi connectivity index (χ1v) is 8.16. The summed E-state index contributed by atoms with van der Waals surface area (Å²) in [5.74, 6) is -0.632. The van der Waals surface area contributed by atoms with Crippen LogP contribution in [0.5, 0.6) is 0 Å². The van der Waals surface area contributed by atoms with E-state index in [1.807, 2.05) is 4.90 Å². The van der Waals surface area contributed by atoms with Crippen LogP contribution in [-0.2, 0) is 0 Å². The number of benzene rings is 1. The smallest absolute Gasteiger partial charge is 0.253 e. The molecule has 1 aliphatic rings. The largest absolute Gasteiger partial charge is 0.369 e. The molecule has 1 atom stereocenters. The molecule has 0 spiro atoms. The Morgan fingerprint density at radius 3 is 3.04 bits per heavy atom. The van der Waals surface area contributed by atoms with Crippen LogP contribution in [0.4, 0.5) is 10.1 Å². The lowest BCUT2D eigenvalue weighted by Crippen LogP contribution is -2.37. The van der Waals surface area contributed by atoms with Crippen molar-refractivity contribution in [1.82, 2.24) is 25.4 Å². The number of hydrogen-bond acceptors (Lipinski definition) is 5. The Kier molecular flexibility index (Phi) is 3.96. The standard InChI is InChI=1S/C16H14ClFN6O/c17-13-3-2-12(7-14(13)18)23-6-5-11(9-23)19-16(25)10-1-4-15-20-21-22-24(15)8-10/h1-4,7-8,11H,5-6,9H2,(H,19,25). The van der Waals surface area contributed by atoms with Crippen LogP contribution < -0.4 is 10.2 Å². The Balaban J connectivity index is 1.43. The highest BCUT2D eigenvalue weighted by Crippen LogP contribution is 2.25. The van der Waals surface area contributed by atoms with Crippen LogP contribution >= 0.6 is 11.6 Å². The zero-order chi connectivity index (χ0) is 17.4. The molecule has 3 heterocycles. The maximum atomic E-state index is 13.6. The van der Waals surface area contributed by atoms with Gasteiger partial charge < -0.3 is 10.2 Å². The van der Waals surface area contributed by atoms with Crippen molar-refractivity contribution in [2.45, 2.75) is 12.5 Å². The Hall–Kier alpha value is -2.74. The van der Waals surface area contributed by atoms with Gasteiger partial charge in [-0.05, 0) is 47.2 Å². The molecule has 3 aromatic rings. The van der Waals surface area contributed by atoms with Crippen LogP contribution in [0.3, 0.4) is 0 Å². The molecule has 1 N–H and O–H groups in total. The van der Waals surface area contributed by atoms with Gasteiger partial charge >= 0.3 is 0 Å². The number of aromatic nitrogens is 4. The third kappa shape index (κ3) is 3.12. The Bertz CT molecular complexity index is 945. The van der Waals surface area contributed by atoms with Gasteiger partial charge in [-0.1, -0.05) is 11.6 Å². The van der Waals surface area contributed by atoms with E-state index in [1.165, 1.54) is 10.6 Å². The monoisotopic (exact) mass is 360 g/mol. The summed E-state index contributed by atoms with van der Waals surface area (Å²) in [5.41, 5.74) is 1.82. The van der Waals surface area contributed by atoms with Crippen molar-refractivity contribution in [3.05, 3.63) is 52.9 Å². The van der Waals surface area contributed by atoms with E-state index in [2.05, 4.69) is 20.8 Å². The molecule has 1 unspecified atom stereocenters. The zero-order valence-corrected chi connectivity index (χ0v) is 13.8. The van der Waals surface area contributed by atoms with Crippen LogP contribution in [0.2, 0.25) is 5.02 Å². The molecule has 0 aliphatic carbocycles. The van der Waals surface area contributed by atoms with Crippen molar-refractivity contribution in [2.24, 2.45) is 0 Å². The molecule has 4 rings (SSSR count). The number of nitrogens with zero attached hydrogens (tertiary/aromatic N) is 5. The molecule has 1 fully saturated rings. The topological polar surface area (TPSA) is 75.4 Å². The quantitative estimate of drug-likeness (QED) is 0.772. The maximum absolute atomic E-state index is 13.6. The van der Waals surface area contributed by atoms with Crippen molar-refractivity contribution >= 4 is 28.8 Å². The third-order valence-electron chi connectivity index (χ3n) is 4.25. The molecule has 25 heavy (non-hydrogen) atoms. The van der Waals surface area contributed by atoms with E-state index in [9.17, 15) is 9.18 Å². The normalized spacial score (nSPS) is 17.2. The molecule has 9 heteroatoms. The SMILES string of the molecule is O=C(NC1CCN(c2ccc(Cl)c(F)c2)C1)c1ccc2nnnn2c1. The van der Waals surface area contributed by atoms with Crippen molar-refractivity contribution in [3.63, 3.8) is 0 Å². The first-order chi connectivity index (χ1) is 12.1. The van der Waals surface area contributed by atoms with Crippen LogP contribution in [0.15, 0.2) is 36.5 Å². The summed E-state index contributed by atoms with van der Waals surface area (Å²) in [4.78, 5) is 14.4. The maximum Gasteiger partial charge on any atom is 0.253 e. The second-order valence-electron chi connectivity index (χ2n) is 5.90. The van der Waals surface area contributed by atoms with Gasteiger partial charge in [0, 0.05) is 31.0 Å². The molecule has 2 aromatic heterocycles. The molecule has 1 amide bonds. The second-order valence-corrected chi connectivity index (χ2v) is 6.31. The van der Waals surface area contributed by atoms with Gasteiger partial charge in [-0.3, -0.25) is 4.79 Å². The van der Waals surface area contributed by atoms with E-state index in [4.69, 9.17) is 11.6 Å². The summed E-state index contributed by atoms with van der Waals surface area (Å²) in [6.45, 7) is 1.35. The number of carbonyl (C=O) groups is 1. The van der Waals surface area contributed by atoms with E-state index in [0.29, 0.717) is 17.8 Å². The summed E-state index contributed by atoms with van der Waals surface area (Å²) in [5, 5.41) is 14.2. The molecule has 128 valence electrons. The molecular weight excluding hydrogens is 347 g/mol. The lowest BCUT2D eigenvalue weighted by molar-refractivity contribution is 0.0940. The highest BCUT2D eigenvalue weighted by Gasteiger charge is 2.25. The fourth-order valence-corrected chi connectivity index (χ4v) is 3.06. The number of carbonyl (C=O) groups excluding carboxylic acids is 1. The number of rotatable bonds is 3. The average molecular weight is 361 g/mol. The van der Waals surface area contributed by atoms with Crippen LogP contribution in [0, 0.1) is 5.82 Å². The molecular formula is C16H14ClFN6O. The van der Waals surface area contributed by atoms with E-state index in [-0.39, 0.29) is 17.0 Å². The highest BCUT2D eigenvalue weighted by atomic mass is 35.5. The van der Waals surface area contributed by atoms with Gasteiger partial charge in [0.1, 0.15) is 5.82 Å². The van der Waals surface area contributed by atoms with Gasteiger partial charge in [-0.25, -0.2) is 4.39 Å². The zero-order valence-electron chi connectivity index (χ0n) is 13.1.